The van der Waals surface area contributed by atoms with Crippen molar-refractivity contribution in [2.75, 3.05) is 0 Å². The molecule has 17 heavy (non-hydrogen) atoms. The molecule has 90 valence electrons. The van der Waals surface area contributed by atoms with E-state index in [2.05, 4.69) is 11.2 Å². The molecule has 2 N–H and O–H groups in total. The molecular formula is C13H16ClN3. The molecule has 0 aliphatic heterocycles. The number of benzene rings is 1. The highest BCUT2D eigenvalue weighted by molar-refractivity contribution is 6.34. The fourth-order valence-corrected chi connectivity index (χ4v) is 3.26. The average molecular weight is 250 g/mol. The van der Waals surface area contributed by atoms with Crippen LogP contribution >= 0.6 is 11.6 Å². The molecule has 1 heterocycles. The van der Waals surface area contributed by atoms with Crippen LogP contribution in [0.3, 0.4) is 0 Å². The van der Waals surface area contributed by atoms with Gasteiger partial charge in [0.25, 0.3) is 0 Å². The van der Waals surface area contributed by atoms with Crippen molar-refractivity contribution in [1.29, 1.82) is 0 Å². The van der Waals surface area contributed by atoms with Gasteiger partial charge < -0.3 is 5.73 Å². The van der Waals surface area contributed by atoms with Crippen molar-refractivity contribution >= 4 is 22.5 Å². The molecule has 0 saturated heterocycles. The fraction of sp³-hybridized carbons (Fsp3) is 0.462. The van der Waals surface area contributed by atoms with Crippen LogP contribution in [0, 0.1) is 0 Å². The molecule has 0 bridgehead atoms. The van der Waals surface area contributed by atoms with Gasteiger partial charge in [-0.2, -0.15) is 5.10 Å². The number of rotatable bonds is 1. The van der Waals surface area contributed by atoms with Crippen LogP contribution in [-0.4, -0.2) is 9.78 Å². The molecular weight excluding hydrogens is 234 g/mol. The summed E-state index contributed by atoms with van der Waals surface area (Å²) in [6.45, 7) is 0. The first-order valence-electron chi connectivity index (χ1n) is 6.02. The monoisotopic (exact) mass is 249 g/mol. The number of hydrogen-bond acceptors (Lipinski definition) is 2. The van der Waals surface area contributed by atoms with Gasteiger partial charge in [0.2, 0.25) is 0 Å². The lowest BCUT2D eigenvalue weighted by Crippen LogP contribution is -2.33. The van der Waals surface area contributed by atoms with Crippen LogP contribution in [0.15, 0.2) is 18.2 Å². The van der Waals surface area contributed by atoms with E-state index in [9.17, 15) is 0 Å². The highest BCUT2D eigenvalue weighted by Crippen LogP contribution is 2.41. The van der Waals surface area contributed by atoms with Crippen molar-refractivity contribution in [2.24, 2.45) is 12.8 Å². The van der Waals surface area contributed by atoms with Gasteiger partial charge in [-0.25, -0.2) is 0 Å². The quantitative estimate of drug-likeness (QED) is 0.845. The van der Waals surface area contributed by atoms with E-state index in [4.69, 9.17) is 17.3 Å². The third-order valence-electron chi connectivity index (χ3n) is 3.87. The van der Waals surface area contributed by atoms with Gasteiger partial charge in [0.05, 0.1) is 5.52 Å². The van der Waals surface area contributed by atoms with Gasteiger partial charge in [-0.3, -0.25) is 4.68 Å². The van der Waals surface area contributed by atoms with Crippen LogP contribution in [0.25, 0.3) is 10.9 Å². The third-order valence-corrected chi connectivity index (χ3v) is 4.13. The molecule has 3 nitrogen and oxygen atoms in total. The summed E-state index contributed by atoms with van der Waals surface area (Å²) in [5.74, 6) is 0. The van der Waals surface area contributed by atoms with Gasteiger partial charge in [0, 0.05) is 18.0 Å². The zero-order chi connectivity index (χ0) is 12.0. The second-order valence-corrected chi connectivity index (χ2v) is 5.34. The van der Waals surface area contributed by atoms with E-state index in [1.807, 2.05) is 23.9 Å². The van der Waals surface area contributed by atoms with Crippen LogP contribution in [0.2, 0.25) is 5.15 Å². The molecule has 1 aliphatic rings. The molecule has 0 radical (unpaired) electrons. The van der Waals surface area contributed by atoms with Crippen LogP contribution in [0.1, 0.15) is 31.2 Å². The largest absolute Gasteiger partial charge is 0.321 e. The van der Waals surface area contributed by atoms with Crippen molar-refractivity contribution in [3.05, 3.63) is 28.9 Å². The molecule has 0 spiro atoms. The highest BCUT2D eigenvalue weighted by atomic mass is 35.5. The van der Waals surface area contributed by atoms with Crippen molar-refractivity contribution in [2.45, 2.75) is 31.2 Å². The Labute approximate surface area is 106 Å². The molecule has 4 heteroatoms. The van der Waals surface area contributed by atoms with Crippen molar-refractivity contribution in [3.63, 3.8) is 0 Å². The minimum Gasteiger partial charge on any atom is -0.321 e. The number of halogens is 1. The first kappa shape index (κ1) is 11.1. The van der Waals surface area contributed by atoms with Crippen LogP contribution in [-0.2, 0) is 12.6 Å². The smallest absolute Gasteiger partial charge is 0.159 e. The maximum atomic E-state index is 6.53. The molecule has 0 amide bonds. The number of hydrogen-bond donors (Lipinski definition) is 1. The molecule has 1 aliphatic carbocycles. The van der Waals surface area contributed by atoms with Gasteiger partial charge in [0.1, 0.15) is 0 Å². The predicted molar refractivity (Wildman–Crippen MR) is 70.1 cm³/mol. The molecule has 1 aromatic carbocycles. The first-order valence-corrected chi connectivity index (χ1v) is 6.40. The van der Waals surface area contributed by atoms with Crippen LogP contribution < -0.4 is 5.73 Å². The Bertz CT molecular complexity index is 567. The fourth-order valence-electron chi connectivity index (χ4n) is 2.95. The normalized spacial score (nSPS) is 19.0. The lowest BCUT2D eigenvalue weighted by Gasteiger charge is -2.25. The molecule has 2 aromatic rings. The summed E-state index contributed by atoms with van der Waals surface area (Å²) in [6.07, 6.45) is 4.48. The van der Waals surface area contributed by atoms with Crippen LogP contribution in [0.5, 0.6) is 0 Å². The maximum absolute atomic E-state index is 6.53. The zero-order valence-electron chi connectivity index (χ0n) is 9.91. The van der Waals surface area contributed by atoms with Crippen molar-refractivity contribution in [3.8, 4) is 0 Å². The predicted octanol–water partition coefficient (Wildman–Crippen LogP) is 2.95. The van der Waals surface area contributed by atoms with E-state index < -0.39 is 0 Å². The average Bonchev–Trinajstić information content (AvgIpc) is 2.86. The lowest BCUT2D eigenvalue weighted by molar-refractivity contribution is 0.466. The summed E-state index contributed by atoms with van der Waals surface area (Å²) in [7, 11) is 1.91. The summed E-state index contributed by atoms with van der Waals surface area (Å²) in [5.41, 5.74) is 8.53. The van der Waals surface area contributed by atoms with Crippen LogP contribution in [0.4, 0.5) is 0 Å². The SMILES string of the molecule is Cn1nc(Cl)c2c(C3(N)CCCC3)cccc21. The third kappa shape index (κ3) is 1.57. The van der Waals surface area contributed by atoms with Gasteiger partial charge in [-0.15, -0.1) is 0 Å². The number of fused-ring (bicyclic) bond motifs is 1. The first-order chi connectivity index (χ1) is 8.12. The Hall–Kier alpha value is -1.06. The van der Waals surface area contributed by atoms with Crippen molar-refractivity contribution < 1.29 is 0 Å². The molecule has 3 rings (SSSR count). The van der Waals surface area contributed by atoms with Gasteiger partial charge in [-0.1, -0.05) is 36.6 Å². The maximum Gasteiger partial charge on any atom is 0.159 e. The topological polar surface area (TPSA) is 43.8 Å². The van der Waals surface area contributed by atoms with E-state index in [0.29, 0.717) is 5.15 Å². The zero-order valence-corrected chi connectivity index (χ0v) is 10.7. The molecule has 0 atom stereocenters. The van der Waals surface area contributed by atoms with E-state index in [0.717, 1.165) is 29.3 Å². The van der Waals surface area contributed by atoms with E-state index in [1.54, 1.807) is 0 Å². The Morgan fingerprint density at radius 3 is 2.76 bits per heavy atom. The Morgan fingerprint density at radius 2 is 2.06 bits per heavy atom. The van der Waals surface area contributed by atoms with E-state index in [1.165, 1.54) is 12.8 Å². The summed E-state index contributed by atoms with van der Waals surface area (Å²) in [4.78, 5) is 0. The number of nitrogens with zero attached hydrogens (tertiary/aromatic N) is 2. The Balaban J connectivity index is 2.29. The number of aromatic nitrogens is 2. The summed E-state index contributed by atoms with van der Waals surface area (Å²) in [5, 5.41) is 5.87. The second-order valence-electron chi connectivity index (χ2n) is 4.98. The Morgan fingerprint density at radius 1 is 1.35 bits per heavy atom. The molecule has 1 aromatic heterocycles. The second kappa shape index (κ2) is 3.72. The summed E-state index contributed by atoms with van der Waals surface area (Å²) >= 11 is 6.24. The van der Waals surface area contributed by atoms with Gasteiger partial charge in [0.15, 0.2) is 5.15 Å². The Kier molecular flexibility index (Phi) is 2.42. The molecule has 0 unspecified atom stereocenters. The van der Waals surface area contributed by atoms with Gasteiger partial charge in [-0.05, 0) is 24.5 Å². The molecule has 1 saturated carbocycles. The number of aryl methyl sites for hydroxylation is 1. The molecule has 1 fully saturated rings. The van der Waals surface area contributed by atoms with E-state index >= 15 is 0 Å². The lowest BCUT2D eigenvalue weighted by atomic mass is 9.87. The minimum atomic E-state index is -0.216. The number of nitrogens with two attached hydrogens (primary N) is 1. The standard InChI is InChI=1S/C13H16ClN3/c1-17-10-6-4-5-9(11(10)12(14)16-17)13(15)7-2-3-8-13/h4-6H,2-3,7-8,15H2,1H3. The van der Waals surface area contributed by atoms with Gasteiger partial charge >= 0.3 is 0 Å². The summed E-state index contributed by atoms with van der Waals surface area (Å²) < 4.78 is 1.82. The minimum absolute atomic E-state index is 0.216. The summed E-state index contributed by atoms with van der Waals surface area (Å²) in [6, 6.07) is 6.18. The van der Waals surface area contributed by atoms with Crippen molar-refractivity contribution in [1.82, 2.24) is 9.78 Å². The van der Waals surface area contributed by atoms with E-state index in [-0.39, 0.29) is 5.54 Å². The highest BCUT2D eigenvalue weighted by Gasteiger charge is 2.33.